The SMILES string of the molecule is C[C@H]1O[C@@H]([C@]2(O)CO[C@H](CO)[C@@H](O)[C@@H]2O)[C@@H](O)[C@@H](O)[C@@H]1O. The van der Waals surface area contributed by atoms with Crippen molar-refractivity contribution in [3.05, 3.63) is 0 Å². The first-order valence-corrected chi connectivity index (χ1v) is 6.74. The van der Waals surface area contributed by atoms with Gasteiger partial charge in [-0.3, -0.25) is 0 Å². The van der Waals surface area contributed by atoms with Crippen molar-refractivity contribution in [1.29, 1.82) is 0 Å². The number of aliphatic hydroxyl groups excluding tert-OH is 6. The maximum atomic E-state index is 10.5. The fourth-order valence-corrected chi connectivity index (χ4v) is 2.80. The van der Waals surface area contributed by atoms with Crippen molar-refractivity contribution in [2.45, 2.75) is 61.4 Å². The van der Waals surface area contributed by atoms with Crippen LogP contribution >= 0.6 is 0 Å². The van der Waals surface area contributed by atoms with E-state index in [2.05, 4.69) is 0 Å². The summed E-state index contributed by atoms with van der Waals surface area (Å²) in [6.45, 7) is 0.354. The van der Waals surface area contributed by atoms with Crippen LogP contribution in [0, 0.1) is 0 Å². The highest BCUT2D eigenvalue weighted by atomic mass is 16.6. The van der Waals surface area contributed by atoms with Crippen molar-refractivity contribution in [3.63, 3.8) is 0 Å². The Labute approximate surface area is 121 Å². The highest BCUT2D eigenvalue weighted by molar-refractivity contribution is 5.08. The molecule has 124 valence electrons. The van der Waals surface area contributed by atoms with Gasteiger partial charge in [0.15, 0.2) is 0 Å². The van der Waals surface area contributed by atoms with Gasteiger partial charge in [0.05, 0.1) is 19.3 Å². The summed E-state index contributed by atoms with van der Waals surface area (Å²) in [6, 6.07) is 0. The normalized spacial score (nSPS) is 55.4. The average Bonchev–Trinajstić information content (AvgIpc) is 2.46. The lowest BCUT2D eigenvalue weighted by molar-refractivity contribution is -0.319. The standard InChI is InChI=1S/C12H22O9/c1-4-6(14)8(16)9(17)11(21-4)12(19)3-20-5(2-13)7(15)10(12)18/h4-11,13-19H,2-3H2,1H3/t4-,5-,6-,7-,8+,9+,10+,11-,12+/m1/s1. The molecule has 7 N–H and O–H groups in total. The van der Waals surface area contributed by atoms with Gasteiger partial charge in [0.25, 0.3) is 0 Å². The molecular weight excluding hydrogens is 288 g/mol. The van der Waals surface area contributed by atoms with Crippen molar-refractivity contribution < 1.29 is 45.2 Å². The summed E-state index contributed by atoms with van der Waals surface area (Å²) in [7, 11) is 0. The summed E-state index contributed by atoms with van der Waals surface area (Å²) in [6.07, 6.45) is -11.4. The molecule has 21 heavy (non-hydrogen) atoms. The van der Waals surface area contributed by atoms with E-state index in [0.717, 1.165) is 0 Å². The van der Waals surface area contributed by atoms with Gasteiger partial charge in [-0.25, -0.2) is 0 Å². The van der Waals surface area contributed by atoms with E-state index in [0.29, 0.717) is 0 Å². The van der Waals surface area contributed by atoms with Gasteiger partial charge in [0.2, 0.25) is 0 Å². The van der Waals surface area contributed by atoms with E-state index in [1.807, 2.05) is 0 Å². The maximum Gasteiger partial charge on any atom is 0.145 e. The minimum absolute atomic E-state index is 0.520. The molecule has 2 fully saturated rings. The summed E-state index contributed by atoms with van der Waals surface area (Å²) < 4.78 is 10.4. The van der Waals surface area contributed by atoms with Crippen LogP contribution in [-0.4, -0.2) is 103 Å². The molecule has 0 spiro atoms. The quantitative estimate of drug-likeness (QED) is 0.268. The van der Waals surface area contributed by atoms with E-state index < -0.39 is 67.6 Å². The van der Waals surface area contributed by atoms with Crippen LogP contribution in [0.15, 0.2) is 0 Å². The first-order chi connectivity index (χ1) is 9.74. The van der Waals surface area contributed by atoms with E-state index in [1.165, 1.54) is 6.92 Å². The Morgan fingerprint density at radius 3 is 2.19 bits per heavy atom. The van der Waals surface area contributed by atoms with Crippen LogP contribution in [0.25, 0.3) is 0 Å². The van der Waals surface area contributed by atoms with Gasteiger partial charge in [0.1, 0.15) is 48.3 Å². The predicted octanol–water partition coefficient (Wildman–Crippen LogP) is -4.30. The zero-order valence-electron chi connectivity index (χ0n) is 11.5. The molecular formula is C12H22O9. The molecule has 9 atom stereocenters. The van der Waals surface area contributed by atoms with Crippen LogP contribution < -0.4 is 0 Å². The molecule has 2 aliphatic heterocycles. The highest BCUT2D eigenvalue weighted by Crippen LogP contribution is 2.35. The van der Waals surface area contributed by atoms with Crippen molar-refractivity contribution in [2.24, 2.45) is 0 Å². The maximum absolute atomic E-state index is 10.5. The molecule has 0 radical (unpaired) electrons. The van der Waals surface area contributed by atoms with Gasteiger partial charge < -0.3 is 45.2 Å². The second-order valence-corrected chi connectivity index (χ2v) is 5.69. The van der Waals surface area contributed by atoms with Gasteiger partial charge in [-0.1, -0.05) is 0 Å². The van der Waals surface area contributed by atoms with E-state index in [4.69, 9.17) is 14.6 Å². The molecule has 2 aliphatic rings. The second-order valence-electron chi connectivity index (χ2n) is 5.69. The fourth-order valence-electron chi connectivity index (χ4n) is 2.80. The van der Waals surface area contributed by atoms with Gasteiger partial charge in [-0.05, 0) is 6.92 Å². The van der Waals surface area contributed by atoms with Gasteiger partial charge in [-0.15, -0.1) is 0 Å². The summed E-state index contributed by atoms with van der Waals surface area (Å²) >= 11 is 0. The lowest BCUT2D eigenvalue weighted by atomic mass is 9.78. The third-order valence-electron chi connectivity index (χ3n) is 4.27. The third kappa shape index (κ3) is 2.69. The van der Waals surface area contributed by atoms with Gasteiger partial charge in [0, 0.05) is 0 Å². The lowest BCUT2D eigenvalue weighted by Gasteiger charge is -2.51. The molecule has 0 aromatic carbocycles. The summed E-state index contributed by atoms with van der Waals surface area (Å²) in [4.78, 5) is 0. The van der Waals surface area contributed by atoms with Crippen LogP contribution in [0.2, 0.25) is 0 Å². The van der Waals surface area contributed by atoms with Crippen molar-refractivity contribution in [1.82, 2.24) is 0 Å². The molecule has 0 bridgehead atoms. The van der Waals surface area contributed by atoms with Crippen molar-refractivity contribution >= 4 is 0 Å². The Bertz CT molecular complexity index is 367. The Hall–Kier alpha value is -0.360. The molecule has 9 nitrogen and oxygen atoms in total. The molecule has 0 aromatic rings. The molecule has 0 amide bonds. The van der Waals surface area contributed by atoms with Crippen LogP contribution in [-0.2, 0) is 9.47 Å². The first-order valence-electron chi connectivity index (χ1n) is 6.74. The topological polar surface area (TPSA) is 160 Å². The minimum Gasteiger partial charge on any atom is -0.394 e. The fraction of sp³-hybridized carbons (Fsp3) is 1.00. The largest absolute Gasteiger partial charge is 0.394 e. The van der Waals surface area contributed by atoms with Crippen molar-refractivity contribution in [3.8, 4) is 0 Å². The zero-order valence-corrected chi connectivity index (χ0v) is 11.5. The molecule has 0 saturated carbocycles. The Balaban J connectivity index is 2.23. The Morgan fingerprint density at radius 1 is 1.00 bits per heavy atom. The molecule has 2 rings (SSSR count). The number of rotatable bonds is 2. The number of ether oxygens (including phenoxy) is 2. The van der Waals surface area contributed by atoms with Crippen LogP contribution in [0.5, 0.6) is 0 Å². The van der Waals surface area contributed by atoms with Gasteiger partial charge >= 0.3 is 0 Å². The average molecular weight is 310 g/mol. The second kappa shape index (κ2) is 6.03. The van der Waals surface area contributed by atoms with E-state index in [9.17, 15) is 30.6 Å². The predicted molar refractivity (Wildman–Crippen MR) is 66.1 cm³/mol. The van der Waals surface area contributed by atoms with Gasteiger partial charge in [-0.2, -0.15) is 0 Å². The van der Waals surface area contributed by atoms with Crippen molar-refractivity contribution in [2.75, 3.05) is 13.2 Å². The molecule has 2 saturated heterocycles. The zero-order chi connectivity index (χ0) is 15.9. The van der Waals surface area contributed by atoms with Crippen LogP contribution in [0.3, 0.4) is 0 Å². The third-order valence-corrected chi connectivity index (χ3v) is 4.27. The summed E-state index contributed by atoms with van der Waals surface area (Å²) in [5.41, 5.74) is -2.19. The minimum atomic E-state index is -2.19. The molecule has 9 heteroatoms. The smallest absolute Gasteiger partial charge is 0.145 e. The molecule has 0 aromatic heterocycles. The summed E-state index contributed by atoms with van der Waals surface area (Å²) in [5.74, 6) is 0. The van der Waals surface area contributed by atoms with E-state index >= 15 is 0 Å². The Kier molecular flexibility index (Phi) is 4.88. The van der Waals surface area contributed by atoms with E-state index in [-0.39, 0.29) is 0 Å². The van der Waals surface area contributed by atoms with Crippen LogP contribution in [0.1, 0.15) is 6.92 Å². The number of aliphatic hydroxyl groups is 7. The number of hydrogen-bond acceptors (Lipinski definition) is 9. The Morgan fingerprint density at radius 2 is 1.62 bits per heavy atom. The highest BCUT2D eigenvalue weighted by Gasteiger charge is 2.59. The monoisotopic (exact) mass is 310 g/mol. The first kappa shape index (κ1) is 17.0. The lowest BCUT2D eigenvalue weighted by Crippen LogP contribution is -2.73. The molecule has 0 unspecified atom stereocenters. The van der Waals surface area contributed by atoms with Crippen LogP contribution in [0.4, 0.5) is 0 Å². The summed E-state index contributed by atoms with van der Waals surface area (Å²) in [5, 5.41) is 68.8. The molecule has 0 aliphatic carbocycles. The van der Waals surface area contributed by atoms with E-state index in [1.54, 1.807) is 0 Å². The number of hydrogen-bond donors (Lipinski definition) is 7. The molecule has 2 heterocycles.